The minimum Gasteiger partial charge on any atom is -0.382 e. The minimum absolute atomic E-state index is 0.0968. The second-order valence-electron chi connectivity index (χ2n) is 7.82. The van der Waals surface area contributed by atoms with Crippen molar-refractivity contribution in [1.82, 2.24) is 14.5 Å². The molecule has 0 aliphatic rings. The monoisotopic (exact) mass is 509 g/mol. The van der Waals surface area contributed by atoms with E-state index in [-0.39, 0.29) is 12.5 Å². The molecule has 0 spiro atoms. The van der Waals surface area contributed by atoms with Gasteiger partial charge in [0.25, 0.3) is 0 Å². The van der Waals surface area contributed by atoms with Crippen LogP contribution in [0.2, 0.25) is 5.02 Å². The van der Waals surface area contributed by atoms with Gasteiger partial charge in [-0.1, -0.05) is 54.1 Å². The first-order valence-corrected chi connectivity index (χ1v) is 13.2. The van der Waals surface area contributed by atoms with E-state index in [0.717, 1.165) is 16.1 Å². The molecule has 0 aliphatic heterocycles. The smallest absolute Gasteiger partial charge is 0.247 e. The van der Waals surface area contributed by atoms with Crippen molar-refractivity contribution in [3.05, 3.63) is 70.7 Å². The van der Waals surface area contributed by atoms with Crippen LogP contribution in [0.3, 0.4) is 0 Å². The quantitative estimate of drug-likeness (QED) is 0.419. The summed E-state index contributed by atoms with van der Waals surface area (Å²) in [5.74, 6) is -0.854. The zero-order chi connectivity index (χ0) is 25.1. The summed E-state index contributed by atoms with van der Waals surface area (Å²) in [5, 5.41) is 3.43. The van der Waals surface area contributed by atoms with Gasteiger partial charge >= 0.3 is 0 Å². The molecular weight excluding hydrogens is 478 g/mol. The van der Waals surface area contributed by atoms with Gasteiger partial charge in [0.2, 0.25) is 21.8 Å². The minimum atomic E-state index is -3.59. The Hall–Kier alpha value is -2.46. The van der Waals surface area contributed by atoms with Crippen molar-refractivity contribution in [2.45, 2.75) is 25.9 Å². The molecule has 1 N–H and O–H groups in total. The van der Waals surface area contributed by atoms with Crippen LogP contribution in [-0.4, -0.2) is 69.0 Å². The SMILES string of the molecule is CCOCCCNC(=O)[C@@H](c1ccccc1)N(Cc1ccc(Cl)cc1)C(=O)CN(C)S(C)(=O)=O. The lowest BCUT2D eigenvalue weighted by atomic mass is 10.0. The highest BCUT2D eigenvalue weighted by Gasteiger charge is 2.32. The van der Waals surface area contributed by atoms with Crippen LogP contribution in [0.25, 0.3) is 0 Å². The molecule has 0 aromatic heterocycles. The van der Waals surface area contributed by atoms with Gasteiger partial charge in [0.1, 0.15) is 6.04 Å². The van der Waals surface area contributed by atoms with E-state index in [1.165, 1.54) is 11.9 Å². The number of benzene rings is 2. The van der Waals surface area contributed by atoms with Crippen molar-refractivity contribution in [3.8, 4) is 0 Å². The van der Waals surface area contributed by atoms with Crippen LogP contribution in [0.1, 0.15) is 30.5 Å². The first kappa shape index (κ1) is 27.8. The van der Waals surface area contributed by atoms with Gasteiger partial charge in [0, 0.05) is 38.4 Å². The second kappa shape index (κ2) is 13.4. The number of nitrogens with one attached hydrogen (secondary N) is 1. The van der Waals surface area contributed by atoms with Crippen LogP contribution in [0.4, 0.5) is 0 Å². The molecule has 10 heteroatoms. The highest BCUT2D eigenvalue weighted by molar-refractivity contribution is 7.88. The van der Waals surface area contributed by atoms with Crippen LogP contribution < -0.4 is 5.32 Å². The Balaban J connectivity index is 2.38. The van der Waals surface area contributed by atoms with E-state index in [4.69, 9.17) is 16.3 Å². The van der Waals surface area contributed by atoms with Crippen LogP contribution in [-0.2, 0) is 30.9 Å². The Morgan fingerprint density at radius 2 is 1.74 bits per heavy atom. The van der Waals surface area contributed by atoms with Crippen molar-refractivity contribution in [1.29, 1.82) is 0 Å². The lowest BCUT2D eigenvalue weighted by Crippen LogP contribution is -2.47. The lowest BCUT2D eigenvalue weighted by molar-refractivity contribution is -0.141. The van der Waals surface area contributed by atoms with Gasteiger partial charge in [-0.2, -0.15) is 4.31 Å². The van der Waals surface area contributed by atoms with Crippen molar-refractivity contribution >= 4 is 33.4 Å². The maximum absolute atomic E-state index is 13.4. The van der Waals surface area contributed by atoms with Gasteiger partial charge in [-0.15, -0.1) is 0 Å². The molecule has 2 rings (SSSR count). The van der Waals surface area contributed by atoms with Gasteiger partial charge < -0.3 is 15.0 Å². The lowest BCUT2D eigenvalue weighted by Gasteiger charge is -2.32. The van der Waals surface area contributed by atoms with E-state index in [9.17, 15) is 18.0 Å². The highest BCUT2D eigenvalue weighted by atomic mass is 35.5. The number of likely N-dealkylation sites (N-methyl/N-ethyl adjacent to an activating group) is 1. The number of rotatable bonds is 13. The largest absolute Gasteiger partial charge is 0.382 e. The van der Waals surface area contributed by atoms with E-state index in [1.807, 2.05) is 13.0 Å². The number of carbonyl (C=O) groups is 2. The fourth-order valence-corrected chi connectivity index (χ4v) is 3.71. The number of amides is 2. The zero-order valence-corrected chi connectivity index (χ0v) is 21.3. The van der Waals surface area contributed by atoms with Gasteiger partial charge in [0.15, 0.2) is 0 Å². The second-order valence-corrected chi connectivity index (χ2v) is 10.3. The number of hydrogen-bond donors (Lipinski definition) is 1. The van der Waals surface area contributed by atoms with Gasteiger partial charge in [-0.3, -0.25) is 9.59 Å². The molecule has 0 saturated carbocycles. The molecule has 1 atom stereocenters. The van der Waals surface area contributed by atoms with Crippen molar-refractivity contribution in [3.63, 3.8) is 0 Å². The zero-order valence-electron chi connectivity index (χ0n) is 19.7. The van der Waals surface area contributed by atoms with Crippen molar-refractivity contribution < 1.29 is 22.7 Å². The third-order valence-electron chi connectivity index (χ3n) is 5.15. The molecule has 0 aliphatic carbocycles. The molecule has 0 bridgehead atoms. The van der Waals surface area contributed by atoms with Gasteiger partial charge in [0.05, 0.1) is 12.8 Å². The predicted octanol–water partition coefficient (Wildman–Crippen LogP) is 2.84. The summed E-state index contributed by atoms with van der Waals surface area (Å²) in [4.78, 5) is 28.2. The maximum Gasteiger partial charge on any atom is 0.247 e. The highest BCUT2D eigenvalue weighted by Crippen LogP contribution is 2.25. The summed E-state index contributed by atoms with van der Waals surface area (Å²) in [6.45, 7) is 3.09. The van der Waals surface area contributed by atoms with E-state index < -0.39 is 28.5 Å². The molecular formula is C24H32ClN3O5S. The third-order valence-corrected chi connectivity index (χ3v) is 6.67. The number of ether oxygens (including phenoxy) is 1. The topological polar surface area (TPSA) is 96.0 Å². The summed E-state index contributed by atoms with van der Waals surface area (Å²) < 4.78 is 30.2. The molecule has 0 unspecified atom stereocenters. The Kier molecular flexibility index (Phi) is 11.0. The molecule has 2 aromatic rings. The molecule has 0 heterocycles. The van der Waals surface area contributed by atoms with Crippen LogP contribution in [0, 0.1) is 0 Å². The molecule has 34 heavy (non-hydrogen) atoms. The summed E-state index contributed by atoms with van der Waals surface area (Å²) in [6.07, 6.45) is 1.66. The van der Waals surface area contributed by atoms with Gasteiger partial charge in [-0.25, -0.2) is 8.42 Å². The Labute approximate surface area is 206 Å². The van der Waals surface area contributed by atoms with Crippen LogP contribution in [0.15, 0.2) is 54.6 Å². The van der Waals surface area contributed by atoms with E-state index in [2.05, 4.69) is 5.32 Å². The Bertz CT molecular complexity index is 1030. The molecule has 0 fully saturated rings. The standard InChI is InChI=1S/C24H32ClN3O5S/c1-4-33-16-8-15-26-24(30)23(20-9-6-5-7-10-20)28(17-19-11-13-21(25)14-12-19)22(29)18-27(2)34(3,31)32/h5-7,9-14,23H,4,8,15-18H2,1-3H3,(H,26,30)/t23-/m1/s1. The summed E-state index contributed by atoms with van der Waals surface area (Å²) in [7, 11) is -2.26. The molecule has 0 radical (unpaired) electrons. The van der Waals surface area contributed by atoms with Crippen LogP contribution in [0.5, 0.6) is 0 Å². The average Bonchev–Trinajstić information content (AvgIpc) is 2.80. The number of carbonyl (C=O) groups excluding carboxylic acids is 2. The summed E-state index contributed by atoms with van der Waals surface area (Å²) in [6, 6.07) is 14.9. The van der Waals surface area contributed by atoms with Crippen LogP contribution >= 0.6 is 11.6 Å². The number of nitrogens with zero attached hydrogens (tertiary/aromatic N) is 2. The average molecular weight is 510 g/mol. The molecule has 2 aromatic carbocycles. The van der Waals surface area contributed by atoms with E-state index in [1.54, 1.807) is 48.5 Å². The number of halogens is 1. The Morgan fingerprint density at radius 1 is 1.09 bits per heavy atom. The molecule has 2 amide bonds. The Morgan fingerprint density at radius 3 is 2.32 bits per heavy atom. The normalized spacial score (nSPS) is 12.4. The fraction of sp³-hybridized carbons (Fsp3) is 0.417. The first-order chi connectivity index (χ1) is 16.1. The van der Waals surface area contributed by atoms with E-state index in [0.29, 0.717) is 36.8 Å². The predicted molar refractivity (Wildman–Crippen MR) is 133 cm³/mol. The van der Waals surface area contributed by atoms with E-state index >= 15 is 0 Å². The maximum atomic E-state index is 13.4. The summed E-state index contributed by atoms with van der Waals surface area (Å²) in [5.41, 5.74) is 1.37. The molecule has 8 nitrogen and oxygen atoms in total. The molecule has 186 valence electrons. The van der Waals surface area contributed by atoms with Gasteiger partial charge in [-0.05, 0) is 36.6 Å². The fourth-order valence-electron chi connectivity index (χ4n) is 3.24. The van der Waals surface area contributed by atoms with Crippen molar-refractivity contribution in [2.75, 3.05) is 39.6 Å². The summed E-state index contributed by atoms with van der Waals surface area (Å²) >= 11 is 6.00. The first-order valence-electron chi connectivity index (χ1n) is 11.0. The number of hydrogen-bond acceptors (Lipinski definition) is 5. The number of sulfonamides is 1. The van der Waals surface area contributed by atoms with Crippen molar-refractivity contribution in [2.24, 2.45) is 0 Å². The third kappa shape index (κ3) is 8.72. The molecule has 0 saturated heterocycles.